The molecule has 2 aromatic heterocycles. The number of aromatic nitrogens is 4. The number of aromatic carboxylic acids is 1. The summed E-state index contributed by atoms with van der Waals surface area (Å²) in [6.45, 7) is 2.00. The van der Waals surface area contributed by atoms with Crippen molar-refractivity contribution in [1.29, 1.82) is 0 Å². The Kier molecular flexibility index (Phi) is 3.35. The van der Waals surface area contributed by atoms with Gasteiger partial charge in [-0.1, -0.05) is 30.7 Å². The summed E-state index contributed by atoms with van der Waals surface area (Å²) in [6, 6.07) is 7.65. The third-order valence-corrected chi connectivity index (χ3v) is 3.34. The number of hydrogen-bond donors (Lipinski definition) is 1. The van der Waals surface area contributed by atoms with Crippen molar-refractivity contribution in [3.8, 4) is 5.69 Å². The summed E-state index contributed by atoms with van der Waals surface area (Å²) in [5.74, 6) is -1.05. The molecule has 106 valence electrons. The number of pyridine rings is 1. The maximum Gasteiger partial charge on any atom is 0.358 e. The Morgan fingerprint density at radius 3 is 2.95 bits per heavy atom. The third kappa shape index (κ3) is 2.24. The fourth-order valence-corrected chi connectivity index (χ4v) is 2.41. The number of carboxylic acids is 1. The second-order valence-corrected chi connectivity index (χ2v) is 4.73. The summed E-state index contributed by atoms with van der Waals surface area (Å²) in [6.07, 6.45) is 4.91. The summed E-state index contributed by atoms with van der Waals surface area (Å²) in [5, 5.41) is 19.0. The van der Waals surface area contributed by atoms with E-state index in [2.05, 4.69) is 15.3 Å². The van der Waals surface area contributed by atoms with Crippen molar-refractivity contribution in [3.63, 3.8) is 0 Å². The normalized spacial score (nSPS) is 10.9. The Balaban J connectivity index is 2.26. The van der Waals surface area contributed by atoms with Gasteiger partial charge in [0, 0.05) is 23.2 Å². The molecule has 0 radical (unpaired) electrons. The average Bonchev–Trinajstić information content (AvgIpc) is 2.91. The van der Waals surface area contributed by atoms with Gasteiger partial charge in [-0.3, -0.25) is 4.98 Å². The van der Waals surface area contributed by atoms with Crippen LogP contribution in [0.4, 0.5) is 0 Å². The first-order chi connectivity index (χ1) is 10.2. The highest BCUT2D eigenvalue weighted by molar-refractivity contribution is 5.90. The molecular weight excluding hydrogens is 268 g/mol. The van der Waals surface area contributed by atoms with Crippen LogP contribution in [0.3, 0.4) is 0 Å². The zero-order chi connectivity index (χ0) is 14.8. The fraction of sp³-hybridized carbons (Fsp3) is 0.200. The molecule has 6 heteroatoms. The number of fused-ring (bicyclic) bond motifs is 1. The van der Waals surface area contributed by atoms with Gasteiger partial charge in [-0.15, -0.1) is 5.10 Å². The maximum absolute atomic E-state index is 11.3. The van der Waals surface area contributed by atoms with Crippen LogP contribution in [0.1, 0.15) is 29.5 Å². The standard InChI is InChI=1S/C15H14N4O2/c1-2-4-13-14(15(20)21)17-18-19(13)12-6-3-5-10-9-16-8-7-11(10)12/h3,5-9H,2,4H2,1H3,(H,20,21). The lowest BCUT2D eigenvalue weighted by molar-refractivity contribution is 0.0689. The Labute approximate surface area is 121 Å². The molecule has 2 heterocycles. The van der Waals surface area contributed by atoms with Crippen molar-refractivity contribution >= 4 is 16.7 Å². The minimum Gasteiger partial charge on any atom is -0.476 e. The second kappa shape index (κ2) is 5.32. The van der Waals surface area contributed by atoms with Crippen LogP contribution in [-0.4, -0.2) is 31.1 Å². The van der Waals surface area contributed by atoms with E-state index in [1.807, 2.05) is 31.2 Å². The van der Waals surface area contributed by atoms with E-state index in [1.165, 1.54) is 0 Å². The molecule has 0 aliphatic rings. The minimum absolute atomic E-state index is 0.0166. The van der Waals surface area contributed by atoms with Gasteiger partial charge in [-0.25, -0.2) is 9.48 Å². The zero-order valence-electron chi connectivity index (χ0n) is 11.5. The number of benzene rings is 1. The van der Waals surface area contributed by atoms with E-state index in [0.717, 1.165) is 22.9 Å². The molecular formula is C15H14N4O2. The van der Waals surface area contributed by atoms with E-state index in [4.69, 9.17) is 0 Å². The summed E-state index contributed by atoms with van der Waals surface area (Å²) >= 11 is 0. The van der Waals surface area contributed by atoms with Crippen molar-refractivity contribution < 1.29 is 9.90 Å². The van der Waals surface area contributed by atoms with Crippen molar-refractivity contribution in [2.24, 2.45) is 0 Å². The van der Waals surface area contributed by atoms with Crippen molar-refractivity contribution in [1.82, 2.24) is 20.0 Å². The van der Waals surface area contributed by atoms with E-state index >= 15 is 0 Å². The van der Waals surface area contributed by atoms with E-state index in [9.17, 15) is 9.90 Å². The van der Waals surface area contributed by atoms with E-state index in [1.54, 1.807) is 17.1 Å². The maximum atomic E-state index is 11.3. The van der Waals surface area contributed by atoms with Gasteiger partial charge in [-0.05, 0) is 18.6 Å². The van der Waals surface area contributed by atoms with Gasteiger partial charge >= 0.3 is 5.97 Å². The lowest BCUT2D eigenvalue weighted by Gasteiger charge is -2.09. The van der Waals surface area contributed by atoms with Crippen LogP contribution in [0, 0.1) is 0 Å². The highest BCUT2D eigenvalue weighted by atomic mass is 16.4. The molecule has 21 heavy (non-hydrogen) atoms. The van der Waals surface area contributed by atoms with Gasteiger partial charge in [0.05, 0.1) is 11.4 Å². The molecule has 3 aromatic rings. The molecule has 0 spiro atoms. The number of carbonyl (C=O) groups is 1. The fourth-order valence-electron chi connectivity index (χ4n) is 2.41. The summed E-state index contributed by atoms with van der Waals surface area (Å²) in [4.78, 5) is 15.4. The molecule has 0 aliphatic carbocycles. The van der Waals surface area contributed by atoms with Crippen LogP contribution in [0.25, 0.3) is 16.5 Å². The molecule has 0 amide bonds. The molecule has 0 fully saturated rings. The van der Waals surface area contributed by atoms with Crippen molar-refractivity contribution in [2.45, 2.75) is 19.8 Å². The lowest BCUT2D eigenvalue weighted by atomic mass is 10.1. The van der Waals surface area contributed by atoms with Gasteiger partial charge in [0.15, 0.2) is 5.69 Å². The molecule has 0 atom stereocenters. The van der Waals surface area contributed by atoms with Gasteiger partial charge in [0.2, 0.25) is 0 Å². The minimum atomic E-state index is -1.05. The Hall–Kier alpha value is -2.76. The summed E-state index contributed by atoms with van der Waals surface area (Å²) in [5.41, 5.74) is 1.45. The monoisotopic (exact) mass is 282 g/mol. The molecule has 1 N–H and O–H groups in total. The number of hydrogen-bond acceptors (Lipinski definition) is 4. The summed E-state index contributed by atoms with van der Waals surface area (Å²) in [7, 11) is 0. The Morgan fingerprint density at radius 2 is 2.19 bits per heavy atom. The highest BCUT2D eigenvalue weighted by Crippen LogP contribution is 2.23. The first-order valence-electron chi connectivity index (χ1n) is 6.73. The SMILES string of the molecule is CCCc1c(C(=O)O)nnn1-c1cccc2cnccc12. The van der Waals surface area contributed by atoms with E-state index < -0.39 is 5.97 Å². The van der Waals surface area contributed by atoms with Gasteiger partial charge < -0.3 is 5.11 Å². The Morgan fingerprint density at radius 1 is 1.33 bits per heavy atom. The van der Waals surface area contributed by atoms with Gasteiger partial charge in [-0.2, -0.15) is 0 Å². The average molecular weight is 282 g/mol. The van der Waals surface area contributed by atoms with Crippen LogP contribution in [-0.2, 0) is 6.42 Å². The van der Waals surface area contributed by atoms with Gasteiger partial charge in [0.1, 0.15) is 0 Å². The van der Waals surface area contributed by atoms with Crippen LogP contribution >= 0.6 is 0 Å². The highest BCUT2D eigenvalue weighted by Gasteiger charge is 2.19. The van der Waals surface area contributed by atoms with E-state index in [0.29, 0.717) is 12.1 Å². The first kappa shape index (κ1) is 13.2. The molecule has 0 bridgehead atoms. The van der Waals surface area contributed by atoms with Crippen LogP contribution < -0.4 is 0 Å². The second-order valence-electron chi connectivity index (χ2n) is 4.73. The van der Waals surface area contributed by atoms with Crippen molar-refractivity contribution in [3.05, 3.63) is 48.0 Å². The molecule has 0 aliphatic heterocycles. The molecule has 0 unspecified atom stereocenters. The molecule has 0 saturated heterocycles. The van der Waals surface area contributed by atoms with Crippen molar-refractivity contribution in [2.75, 3.05) is 0 Å². The first-order valence-corrected chi connectivity index (χ1v) is 6.73. The Bertz CT molecular complexity index is 805. The third-order valence-electron chi connectivity index (χ3n) is 3.34. The lowest BCUT2D eigenvalue weighted by Crippen LogP contribution is -2.07. The number of nitrogens with zero attached hydrogens (tertiary/aromatic N) is 4. The smallest absolute Gasteiger partial charge is 0.358 e. The van der Waals surface area contributed by atoms with Crippen LogP contribution in [0.5, 0.6) is 0 Å². The number of carboxylic acid groups (broad SMARTS) is 1. The van der Waals surface area contributed by atoms with Crippen LogP contribution in [0.15, 0.2) is 36.7 Å². The summed E-state index contributed by atoms with van der Waals surface area (Å²) < 4.78 is 1.62. The molecule has 1 aromatic carbocycles. The quantitative estimate of drug-likeness (QED) is 0.795. The molecule has 0 saturated carbocycles. The topological polar surface area (TPSA) is 80.9 Å². The number of rotatable bonds is 4. The predicted octanol–water partition coefficient (Wildman–Crippen LogP) is 2.47. The zero-order valence-corrected chi connectivity index (χ0v) is 11.5. The molecule has 3 rings (SSSR count). The molecule has 6 nitrogen and oxygen atoms in total. The predicted molar refractivity (Wildman–Crippen MR) is 77.6 cm³/mol. The van der Waals surface area contributed by atoms with Gasteiger partial charge in [0.25, 0.3) is 0 Å². The van der Waals surface area contributed by atoms with Crippen LogP contribution in [0.2, 0.25) is 0 Å². The largest absolute Gasteiger partial charge is 0.476 e. The van der Waals surface area contributed by atoms with E-state index in [-0.39, 0.29) is 5.69 Å².